The number of carbonyl (C=O) groups excluding carboxylic acids is 2. The van der Waals surface area contributed by atoms with Crippen LogP contribution in [0.25, 0.3) is 0 Å². The Labute approximate surface area is 127 Å². The fraction of sp³-hybridized carbons (Fsp3) is 0.385. The van der Waals surface area contributed by atoms with Crippen molar-refractivity contribution in [3.05, 3.63) is 28.2 Å². The van der Waals surface area contributed by atoms with Gasteiger partial charge >= 0.3 is 0 Å². The van der Waals surface area contributed by atoms with Gasteiger partial charge in [-0.2, -0.15) is 0 Å². The second kappa shape index (κ2) is 6.43. The van der Waals surface area contributed by atoms with Gasteiger partial charge in [0.2, 0.25) is 11.8 Å². The van der Waals surface area contributed by atoms with Crippen molar-refractivity contribution in [2.75, 3.05) is 24.5 Å². The Bertz CT molecular complexity index is 516. The summed E-state index contributed by atoms with van der Waals surface area (Å²) in [4.78, 5) is 25.4. The monoisotopic (exact) mass is 315 g/mol. The summed E-state index contributed by atoms with van der Waals surface area (Å²) in [6, 6.07) is 4.91. The summed E-state index contributed by atoms with van der Waals surface area (Å²) in [5.41, 5.74) is 5.95. The van der Waals surface area contributed by atoms with E-state index in [0.29, 0.717) is 35.4 Å². The van der Waals surface area contributed by atoms with Gasteiger partial charge in [-0.25, -0.2) is 0 Å². The molecule has 1 atom stereocenters. The summed E-state index contributed by atoms with van der Waals surface area (Å²) in [6.07, 6.45) is 0.181. The van der Waals surface area contributed by atoms with E-state index in [2.05, 4.69) is 5.32 Å². The molecule has 0 bridgehead atoms. The van der Waals surface area contributed by atoms with Crippen LogP contribution >= 0.6 is 23.2 Å². The maximum atomic E-state index is 12.0. The Kier molecular flexibility index (Phi) is 4.86. The van der Waals surface area contributed by atoms with Crippen LogP contribution in [-0.4, -0.2) is 31.4 Å². The zero-order valence-corrected chi connectivity index (χ0v) is 12.2. The van der Waals surface area contributed by atoms with Crippen LogP contribution in [-0.2, 0) is 9.59 Å². The van der Waals surface area contributed by atoms with Crippen LogP contribution in [0.15, 0.2) is 18.2 Å². The van der Waals surface area contributed by atoms with Crippen molar-refractivity contribution in [1.82, 2.24) is 5.32 Å². The molecule has 1 aliphatic rings. The minimum atomic E-state index is -0.369. The zero-order valence-electron chi connectivity index (χ0n) is 10.7. The molecule has 1 aliphatic heterocycles. The lowest BCUT2D eigenvalue weighted by Crippen LogP contribution is -2.35. The predicted octanol–water partition coefficient (Wildman–Crippen LogP) is 1.42. The highest BCUT2D eigenvalue weighted by atomic mass is 35.5. The molecular weight excluding hydrogens is 301 g/mol. The van der Waals surface area contributed by atoms with Crippen LogP contribution in [0.1, 0.15) is 6.42 Å². The number of halogens is 2. The third-order valence-electron chi connectivity index (χ3n) is 3.10. The van der Waals surface area contributed by atoms with E-state index in [1.807, 2.05) is 0 Å². The summed E-state index contributed by atoms with van der Waals surface area (Å²) >= 11 is 11.9. The van der Waals surface area contributed by atoms with Gasteiger partial charge in [0.1, 0.15) is 0 Å². The summed E-state index contributed by atoms with van der Waals surface area (Å²) in [5.74, 6) is -0.637. The second-order valence-corrected chi connectivity index (χ2v) is 5.49. The van der Waals surface area contributed by atoms with E-state index in [1.165, 1.54) is 4.90 Å². The number of nitrogens with two attached hydrogens (primary N) is 1. The largest absolute Gasteiger partial charge is 0.355 e. The molecule has 0 radical (unpaired) electrons. The van der Waals surface area contributed by atoms with Crippen molar-refractivity contribution >= 4 is 40.7 Å². The van der Waals surface area contributed by atoms with Crippen LogP contribution in [0.2, 0.25) is 10.0 Å². The van der Waals surface area contributed by atoms with Gasteiger partial charge in [-0.05, 0) is 18.2 Å². The van der Waals surface area contributed by atoms with Gasteiger partial charge < -0.3 is 16.0 Å². The fourth-order valence-corrected chi connectivity index (χ4v) is 2.68. The quantitative estimate of drug-likeness (QED) is 0.882. The molecule has 0 saturated carbocycles. The molecule has 0 aliphatic carbocycles. The number of nitrogens with one attached hydrogen (secondary N) is 1. The van der Waals surface area contributed by atoms with E-state index in [9.17, 15) is 9.59 Å². The van der Waals surface area contributed by atoms with Crippen molar-refractivity contribution < 1.29 is 9.59 Å². The third kappa shape index (κ3) is 3.42. The maximum Gasteiger partial charge on any atom is 0.227 e. The zero-order chi connectivity index (χ0) is 14.7. The Morgan fingerprint density at radius 2 is 2.00 bits per heavy atom. The summed E-state index contributed by atoms with van der Waals surface area (Å²) in [7, 11) is 0. The number of benzene rings is 1. The summed E-state index contributed by atoms with van der Waals surface area (Å²) < 4.78 is 0. The number of anilines is 1. The van der Waals surface area contributed by atoms with E-state index in [-0.39, 0.29) is 24.2 Å². The highest BCUT2D eigenvalue weighted by Gasteiger charge is 2.35. The van der Waals surface area contributed by atoms with Gasteiger partial charge in [-0.15, -0.1) is 0 Å². The molecule has 7 heteroatoms. The first-order chi connectivity index (χ1) is 9.51. The van der Waals surface area contributed by atoms with E-state index < -0.39 is 0 Å². The Morgan fingerprint density at radius 3 is 2.60 bits per heavy atom. The average molecular weight is 316 g/mol. The van der Waals surface area contributed by atoms with Crippen molar-refractivity contribution in [1.29, 1.82) is 0 Å². The van der Waals surface area contributed by atoms with Crippen molar-refractivity contribution in [2.24, 2.45) is 11.7 Å². The predicted molar refractivity (Wildman–Crippen MR) is 79.0 cm³/mol. The lowest BCUT2D eigenvalue weighted by Gasteiger charge is -2.17. The van der Waals surface area contributed by atoms with Crippen LogP contribution in [0.5, 0.6) is 0 Å². The van der Waals surface area contributed by atoms with E-state index in [4.69, 9.17) is 28.9 Å². The summed E-state index contributed by atoms with van der Waals surface area (Å²) in [5, 5.41) is 3.60. The second-order valence-electron chi connectivity index (χ2n) is 4.61. The molecule has 1 aromatic rings. The van der Waals surface area contributed by atoms with Crippen LogP contribution < -0.4 is 16.0 Å². The standard InChI is InChI=1S/C13H15Cl2N3O2/c14-9-4-10(15)6-11(5-9)18-7-8(3-12(18)19)13(20)17-2-1-16/h4-6,8H,1-3,7,16H2,(H,17,20). The normalized spacial score (nSPS) is 18.4. The molecule has 1 unspecified atom stereocenters. The third-order valence-corrected chi connectivity index (χ3v) is 3.53. The molecule has 108 valence electrons. The van der Waals surface area contributed by atoms with Gasteiger partial charge in [-0.1, -0.05) is 23.2 Å². The molecule has 1 aromatic carbocycles. The average Bonchev–Trinajstić information content (AvgIpc) is 2.77. The minimum Gasteiger partial charge on any atom is -0.355 e. The molecule has 3 N–H and O–H groups in total. The molecule has 2 amide bonds. The number of hydrogen-bond donors (Lipinski definition) is 2. The molecule has 0 aromatic heterocycles. The lowest BCUT2D eigenvalue weighted by molar-refractivity contribution is -0.126. The molecule has 20 heavy (non-hydrogen) atoms. The van der Waals surface area contributed by atoms with Crippen LogP contribution in [0.4, 0.5) is 5.69 Å². The molecule has 1 saturated heterocycles. The first-order valence-electron chi connectivity index (χ1n) is 6.25. The molecule has 1 heterocycles. The van der Waals surface area contributed by atoms with E-state index in [0.717, 1.165) is 0 Å². The van der Waals surface area contributed by atoms with Crippen molar-refractivity contribution in [3.8, 4) is 0 Å². The topological polar surface area (TPSA) is 75.4 Å². The Morgan fingerprint density at radius 1 is 1.35 bits per heavy atom. The number of rotatable bonds is 4. The molecule has 5 nitrogen and oxygen atoms in total. The van der Waals surface area contributed by atoms with Crippen LogP contribution in [0, 0.1) is 5.92 Å². The molecular formula is C13H15Cl2N3O2. The van der Waals surface area contributed by atoms with Crippen molar-refractivity contribution in [2.45, 2.75) is 6.42 Å². The Balaban J connectivity index is 2.11. The number of amides is 2. The van der Waals surface area contributed by atoms with E-state index >= 15 is 0 Å². The first-order valence-corrected chi connectivity index (χ1v) is 7.01. The fourth-order valence-electron chi connectivity index (χ4n) is 2.17. The highest BCUT2D eigenvalue weighted by Crippen LogP contribution is 2.30. The molecule has 1 fully saturated rings. The van der Waals surface area contributed by atoms with Gasteiger partial charge in [0.15, 0.2) is 0 Å². The minimum absolute atomic E-state index is 0.115. The number of hydrogen-bond acceptors (Lipinski definition) is 3. The van der Waals surface area contributed by atoms with Gasteiger partial charge in [0, 0.05) is 41.8 Å². The Hall–Kier alpha value is -1.30. The highest BCUT2D eigenvalue weighted by molar-refractivity contribution is 6.35. The van der Waals surface area contributed by atoms with Gasteiger partial charge in [-0.3, -0.25) is 9.59 Å². The van der Waals surface area contributed by atoms with E-state index in [1.54, 1.807) is 18.2 Å². The van der Waals surface area contributed by atoms with Crippen LogP contribution in [0.3, 0.4) is 0 Å². The van der Waals surface area contributed by atoms with Gasteiger partial charge in [0.25, 0.3) is 0 Å². The molecule has 2 rings (SSSR count). The molecule has 0 spiro atoms. The maximum absolute atomic E-state index is 12.0. The first kappa shape index (κ1) is 15.1. The SMILES string of the molecule is NCCNC(=O)C1CC(=O)N(c2cc(Cl)cc(Cl)c2)C1. The smallest absolute Gasteiger partial charge is 0.227 e. The summed E-state index contributed by atoms with van der Waals surface area (Å²) in [6.45, 7) is 1.11. The van der Waals surface area contributed by atoms with Gasteiger partial charge in [0.05, 0.1) is 5.92 Å². The lowest BCUT2D eigenvalue weighted by atomic mass is 10.1. The number of nitrogens with zero attached hydrogens (tertiary/aromatic N) is 1. The van der Waals surface area contributed by atoms with Crippen molar-refractivity contribution in [3.63, 3.8) is 0 Å². The number of carbonyl (C=O) groups is 2.